The predicted octanol–water partition coefficient (Wildman–Crippen LogP) is 1.43. The minimum Gasteiger partial charge on any atom is -0.389 e. The van der Waals surface area contributed by atoms with E-state index in [9.17, 15) is 9.18 Å². The fourth-order valence-corrected chi connectivity index (χ4v) is 2.55. The predicted molar refractivity (Wildman–Crippen MR) is 86.5 cm³/mol. The SMILES string of the molecule is CC(=O)N1CCN(C/C(N)=N\OCc2c(F)cccc2Cl)CC1. The molecule has 0 bridgehead atoms. The maximum Gasteiger partial charge on any atom is 0.219 e. The molecule has 23 heavy (non-hydrogen) atoms. The van der Waals surface area contributed by atoms with E-state index in [4.69, 9.17) is 22.2 Å². The molecule has 0 unspecified atom stereocenters. The van der Waals surface area contributed by atoms with Gasteiger partial charge in [0, 0.05) is 38.7 Å². The van der Waals surface area contributed by atoms with E-state index in [1.54, 1.807) is 17.9 Å². The maximum atomic E-state index is 13.6. The lowest BCUT2D eigenvalue weighted by Gasteiger charge is -2.33. The van der Waals surface area contributed by atoms with Gasteiger partial charge in [0.2, 0.25) is 5.91 Å². The number of benzene rings is 1. The van der Waals surface area contributed by atoms with Crippen molar-refractivity contribution in [2.75, 3.05) is 32.7 Å². The molecule has 0 saturated carbocycles. The molecule has 1 heterocycles. The van der Waals surface area contributed by atoms with Crippen molar-refractivity contribution in [3.63, 3.8) is 0 Å². The Hall–Kier alpha value is -1.86. The molecule has 2 rings (SSSR count). The van der Waals surface area contributed by atoms with Crippen molar-refractivity contribution >= 4 is 23.3 Å². The molecule has 8 heteroatoms. The molecule has 1 fully saturated rings. The van der Waals surface area contributed by atoms with Crippen LogP contribution in [-0.4, -0.2) is 54.3 Å². The zero-order chi connectivity index (χ0) is 16.8. The van der Waals surface area contributed by atoms with Crippen LogP contribution in [0, 0.1) is 5.82 Å². The number of piperazine rings is 1. The number of carbonyl (C=O) groups excluding carboxylic acids is 1. The van der Waals surface area contributed by atoms with Crippen LogP contribution >= 0.6 is 11.6 Å². The lowest BCUT2D eigenvalue weighted by Crippen LogP contribution is -2.50. The van der Waals surface area contributed by atoms with Gasteiger partial charge in [0.05, 0.1) is 11.6 Å². The summed E-state index contributed by atoms with van der Waals surface area (Å²) in [6.07, 6.45) is 0. The molecule has 0 aromatic heterocycles. The number of nitrogens with two attached hydrogens (primary N) is 1. The van der Waals surface area contributed by atoms with E-state index in [0.29, 0.717) is 30.5 Å². The van der Waals surface area contributed by atoms with Gasteiger partial charge in [-0.2, -0.15) is 0 Å². The summed E-state index contributed by atoms with van der Waals surface area (Å²) in [6, 6.07) is 4.43. The molecule has 1 aromatic rings. The monoisotopic (exact) mass is 342 g/mol. The number of nitrogens with zero attached hydrogens (tertiary/aromatic N) is 3. The molecule has 0 atom stereocenters. The van der Waals surface area contributed by atoms with Crippen LogP contribution in [0.2, 0.25) is 5.02 Å². The van der Waals surface area contributed by atoms with Crippen LogP contribution < -0.4 is 5.73 Å². The third kappa shape index (κ3) is 5.07. The molecule has 0 aliphatic carbocycles. The summed E-state index contributed by atoms with van der Waals surface area (Å²) in [7, 11) is 0. The van der Waals surface area contributed by atoms with E-state index >= 15 is 0 Å². The molecule has 1 aliphatic rings. The van der Waals surface area contributed by atoms with E-state index < -0.39 is 5.82 Å². The largest absolute Gasteiger partial charge is 0.389 e. The Labute approximate surface area is 139 Å². The molecular formula is C15H20ClFN4O2. The molecular weight excluding hydrogens is 323 g/mol. The average Bonchev–Trinajstić information content (AvgIpc) is 2.51. The molecule has 1 aromatic carbocycles. The molecule has 6 nitrogen and oxygen atoms in total. The van der Waals surface area contributed by atoms with Crippen LogP contribution in [0.25, 0.3) is 0 Å². The van der Waals surface area contributed by atoms with Gasteiger partial charge in [-0.05, 0) is 12.1 Å². The van der Waals surface area contributed by atoms with E-state index in [1.807, 2.05) is 0 Å². The van der Waals surface area contributed by atoms with Gasteiger partial charge in [0.25, 0.3) is 0 Å². The van der Waals surface area contributed by atoms with Gasteiger partial charge in [0.15, 0.2) is 5.84 Å². The lowest BCUT2D eigenvalue weighted by atomic mass is 10.2. The van der Waals surface area contributed by atoms with Crippen molar-refractivity contribution in [2.45, 2.75) is 13.5 Å². The number of amides is 1. The topological polar surface area (TPSA) is 71.2 Å². The van der Waals surface area contributed by atoms with Crippen molar-refractivity contribution in [1.82, 2.24) is 9.80 Å². The van der Waals surface area contributed by atoms with Crippen molar-refractivity contribution in [1.29, 1.82) is 0 Å². The summed E-state index contributed by atoms with van der Waals surface area (Å²) in [5.41, 5.74) is 6.07. The second-order valence-electron chi connectivity index (χ2n) is 5.34. The number of oxime groups is 1. The first-order valence-electron chi connectivity index (χ1n) is 7.32. The number of hydrogen-bond acceptors (Lipinski definition) is 4. The average molecular weight is 343 g/mol. The number of amidine groups is 1. The first-order valence-corrected chi connectivity index (χ1v) is 7.70. The fraction of sp³-hybridized carbons (Fsp3) is 0.467. The van der Waals surface area contributed by atoms with E-state index in [0.717, 1.165) is 13.1 Å². The summed E-state index contributed by atoms with van der Waals surface area (Å²) < 4.78 is 13.6. The van der Waals surface area contributed by atoms with E-state index in [-0.39, 0.29) is 18.1 Å². The number of halogens is 2. The highest BCUT2D eigenvalue weighted by atomic mass is 35.5. The second kappa shape index (κ2) is 8.12. The Morgan fingerprint density at radius 2 is 2.09 bits per heavy atom. The zero-order valence-electron chi connectivity index (χ0n) is 13.0. The summed E-state index contributed by atoms with van der Waals surface area (Å²) in [4.78, 5) is 20.2. The first kappa shape index (κ1) is 17.5. The molecule has 0 radical (unpaired) electrons. The lowest BCUT2D eigenvalue weighted by molar-refractivity contribution is -0.130. The Kier molecular flexibility index (Phi) is 6.18. The summed E-state index contributed by atoms with van der Waals surface area (Å²) in [6.45, 7) is 4.74. The van der Waals surface area contributed by atoms with Gasteiger partial charge >= 0.3 is 0 Å². The third-order valence-corrected chi connectivity index (χ3v) is 4.01. The summed E-state index contributed by atoms with van der Waals surface area (Å²) in [5.74, 6) is -0.0586. The van der Waals surface area contributed by atoms with Crippen molar-refractivity contribution in [3.05, 3.63) is 34.6 Å². The highest BCUT2D eigenvalue weighted by Crippen LogP contribution is 2.19. The second-order valence-corrected chi connectivity index (χ2v) is 5.75. The number of hydrogen-bond donors (Lipinski definition) is 1. The van der Waals surface area contributed by atoms with Crippen LogP contribution in [0.4, 0.5) is 4.39 Å². The van der Waals surface area contributed by atoms with Gasteiger partial charge in [-0.3, -0.25) is 9.69 Å². The minimum absolute atomic E-state index is 0.0790. The maximum absolute atomic E-state index is 13.6. The molecule has 1 aliphatic heterocycles. The quantitative estimate of drug-likeness (QED) is 0.499. The Morgan fingerprint density at radius 1 is 1.39 bits per heavy atom. The normalized spacial score (nSPS) is 16.5. The highest BCUT2D eigenvalue weighted by Gasteiger charge is 2.19. The van der Waals surface area contributed by atoms with Gasteiger partial charge in [-0.15, -0.1) is 0 Å². The van der Waals surface area contributed by atoms with Crippen LogP contribution in [0.3, 0.4) is 0 Å². The van der Waals surface area contributed by atoms with Gasteiger partial charge in [0.1, 0.15) is 12.4 Å². The van der Waals surface area contributed by atoms with E-state index in [1.165, 1.54) is 12.1 Å². The Bertz CT molecular complexity index is 569. The molecule has 126 valence electrons. The van der Waals surface area contributed by atoms with Crippen molar-refractivity contribution in [2.24, 2.45) is 10.9 Å². The standard InChI is InChI=1S/C15H20ClFN4O2/c1-11(22)21-7-5-20(6-8-21)9-15(18)19-23-10-12-13(16)3-2-4-14(12)17/h2-4H,5-10H2,1H3,(H2,18,19). The number of rotatable bonds is 5. The van der Waals surface area contributed by atoms with Crippen LogP contribution in [0.1, 0.15) is 12.5 Å². The smallest absolute Gasteiger partial charge is 0.219 e. The van der Waals surface area contributed by atoms with Gasteiger partial charge in [-0.1, -0.05) is 22.8 Å². The summed E-state index contributed by atoms with van der Waals surface area (Å²) >= 11 is 5.90. The third-order valence-electron chi connectivity index (χ3n) is 3.66. The fourth-order valence-electron chi connectivity index (χ4n) is 2.33. The van der Waals surface area contributed by atoms with Crippen molar-refractivity contribution in [3.8, 4) is 0 Å². The van der Waals surface area contributed by atoms with Crippen LogP contribution in [0.5, 0.6) is 0 Å². The van der Waals surface area contributed by atoms with Crippen LogP contribution in [0.15, 0.2) is 23.4 Å². The van der Waals surface area contributed by atoms with Crippen LogP contribution in [-0.2, 0) is 16.2 Å². The molecule has 1 saturated heterocycles. The Morgan fingerprint density at radius 3 is 2.70 bits per heavy atom. The number of carbonyl (C=O) groups is 1. The molecule has 2 N–H and O–H groups in total. The van der Waals surface area contributed by atoms with E-state index in [2.05, 4.69) is 10.1 Å². The molecule has 0 spiro atoms. The van der Waals surface area contributed by atoms with Gasteiger partial charge < -0.3 is 15.5 Å². The zero-order valence-corrected chi connectivity index (χ0v) is 13.7. The highest BCUT2D eigenvalue weighted by molar-refractivity contribution is 6.31. The van der Waals surface area contributed by atoms with Crippen molar-refractivity contribution < 1.29 is 14.0 Å². The molecule has 1 amide bonds. The first-order chi connectivity index (χ1) is 11.0. The Balaban J connectivity index is 1.79. The summed E-state index contributed by atoms with van der Waals surface area (Å²) in [5, 5.41) is 4.09. The van der Waals surface area contributed by atoms with Gasteiger partial charge in [-0.25, -0.2) is 4.39 Å². The minimum atomic E-state index is -0.438.